The summed E-state index contributed by atoms with van der Waals surface area (Å²) < 4.78 is 1.70. The summed E-state index contributed by atoms with van der Waals surface area (Å²) in [5.41, 5.74) is 11.8. The van der Waals surface area contributed by atoms with Crippen LogP contribution < -0.4 is 0 Å². The molecule has 11 nitrogen and oxygen atoms in total. The summed E-state index contributed by atoms with van der Waals surface area (Å²) in [5, 5.41) is 13.5. The summed E-state index contributed by atoms with van der Waals surface area (Å²) in [6, 6.07) is 11.7. The molecule has 0 saturated heterocycles. The monoisotopic (exact) mass is 571 g/mol. The van der Waals surface area contributed by atoms with Gasteiger partial charge in [-0.1, -0.05) is 56.1 Å². The molecule has 2 aromatic carbocycles. The highest BCUT2D eigenvalue weighted by Gasteiger charge is 2.32. The van der Waals surface area contributed by atoms with Crippen LogP contribution in [0.2, 0.25) is 0 Å². The standard InChI is InChI=1S/C31H37N7O4/c1-4-6-14-37(15-7-5-2)30(40)27-20-36(3)28(34-27)25-13-12-22(31(41)42)17-26(25)29(39)38-19-23-11-9-8-10-21(23)16-24(38)18-33-35-32/h8-13,17,20,24H,4-7,14-16,18-19H2,1-3H3,(H,41,42)/t24-/m0/s1. The topological polar surface area (TPSA) is 144 Å². The molecule has 42 heavy (non-hydrogen) atoms. The maximum absolute atomic E-state index is 14.2. The van der Waals surface area contributed by atoms with Gasteiger partial charge < -0.3 is 19.5 Å². The quantitative estimate of drug-likeness (QED) is 0.168. The molecule has 1 N–H and O–H groups in total. The van der Waals surface area contributed by atoms with Crippen LogP contribution in [0.15, 0.2) is 53.8 Å². The Balaban J connectivity index is 1.76. The first kappa shape index (κ1) is 30.3. The molecule has 0 fully saturated rings. The molecule has 4 rings (SSSR count). The van der Waals surface area contributed by atoms with Gasteiger partial charge in [-0.25, -0.2) is 9.78 Å². The molecule has 1 atom stereocenters. The Hall–Kier alpha value is -4.63. The van der Waals surface area contributed by atoms with E-state index in [-0.39, 0.29) is 35.8 Å². The lowest BCUT2D eigenvalue weighted by molar-refractivity contribution is 0.0648. The molecule has 0 bridgehead atoms. The van der Waals surface area contributed by atoms with E-state index in [0.29, 0.717) is 30.9 Å². The number of azide groups is 1. The van der Waals surface area contributed by atoms with E-state index in [2.05, 4.69) is 28.9 Å². The van der Waals surface area contributed by atoms with Gasteiger partial charge in [0.1, 0.15) is 11.5 Å². The van der Waals surface area contributed by atoms with E-state index >= 15 is 0 Å². The van der Waals surface area contributed by atoms with Crippen LogP contribution in [0.1, 0.15) is 81.9 Å². The summed E-state index contributed by atoms with van der Waals surface area (Å²) in [7, 11) is 1.75. The summed E-state index contributed by atoms with van der Waals surface area (Å²) >= 11 is 0. The van der Waals surface area contributed by atoms with Crippen LogP contribution in [0.25, 0.3) is 21.8 Å². The fourth-order valence-corrected chi connectivity index (χ4v) is 5.32. The lowest BCUT2D eigenvalue weighted by atomic mass is 9.92. The fourth-order valence-electron chi connectivity index (χ4n) is 5.32. The van der Waals surface area contributed by atoms with E-state index in [1.165, 1.54) is 12.1 Å². The first-order valence-electron chi connectivity index (χ1n) is 14.4. The molecule has 1 aliphatic rings. The Morgan fingerprint density at radius 2 is 1.79 bits per heavy atom. The molecule has 0 unspecified atom stereocenters. The number of nitrogens with zero attached hydrogens (tertiary/aromatic N) is 7. The molecule has 1 aliphatic heterocycles. The first-order chi connectivity index (χ1) is 20.3. The molecule has 2 amide bonds. The number of amides is 2. The minimum absolute atomic E-state index is 0.0399. The van der Waals surface area contributed by atoms with Crippen molar-refractivity contribution in [1.82, 2.24) is 19.4 Å². The van der Waals surface area contributed by atoms with Crippen molar-refractivity contribution < 1.29 is 19.5 Å². The average molecular weight is 572 g/mol. The zero-order chi connectivity index (χ0) is 30.2. The van der Waals surface area contributed by atoms with Crippen LogP contribution in [0.3, 0.4) is 0 Å². The zero-order valence-corrected chi connectivity index (χ0v) is 24.4. The minimum Gasteiger partial charge on any atom is -0.478 e. The third kappa shape index (κ3) is 6.63. The highest BCUT2D eigenvalue weighted by atomic mass is 16.4. The number of benzene rings is 2. The van der Waals surface area contributed by atoms with Crippen molar-refractivity contribution in [2.75, 3.05) is 19.6 Å². The third-order valence-electron chi connectivity index (χ3n) is 7.66. The molecule has 0 aliphatic carbocycles. The second-order valence-electron chi connectivity index (χ2n) is 10.6. The van der Waals surface area contributed by atoms with Crippen molar-refractivity contribution in [2.45, 2.75) is 58.5 Å². The van der Waals surface area contributed by atoms with Gasteiger partial charge in [0, 0.05) is 55.9 Å². The number of carbonyl (C=O) groups excluding carboxylic acids is 2. The van der Waals surface area contributed by atoms with Gasteiger partial charge in [-0.3, -0.25) is 9.59 Å². The number of aromatic nitrogens is 2. The lowest BCUT2D eigenvalue weighted by Gasteiger charge is -2.36. The maximum Gasteiger partial charge on any atom is 0.335 e. The van der Waals surface area contributed by atoms with E-state index < -0.39 is 17.9 Å². The van der Waals surface area contributed by atoms with Gasteiger partial charge in [0.2, 0.25) is 0 Å². The van der Waals surface area contributed by atoms with Gasteiger partial charge in [-0.05, 0) is 54.1 Å². The number of fused-ring (bicyclic) bond motifs is 1. The molecular formula is C31H37N7O4. The highest BCUT2D eigenvalue weighted by molar-refractivity contribution is 6.03. The number of carbonyl (C=O) groups is 3. The van der Waals surface area contributed by atoms with Gasteiger partial charge in [-0.2, -0.15) is 0 Å². The molecule has 220 valence electrons. The van der Waals surface area contributed by atoms with Crippen LogP contribution >= 0.6 is 0 Å². The predicted molar refractivity (Wildman–Crippen MR) is 159 cm³/mol. The van der Waals surface area contributed by atoms with Gasteiger partial charge in [0.25, 0.3) is 11.8 Å². The average Bonchev–Trinajstić information content (AvgIpc) is 3.39. The van der Waals surface area contributed by atoms with Crippen molar-refractivity contribution in [3.63, 3.8) is 0 Å². The van der Waals surface area contributed by atoms with Crippen LogP contribution in [0, 0.1) is 0 Å². The number of imidazole rings is 1. The van der Waals surface area contributed by atoms with Crippen LogP contribution in [-0.2, 0) is 20.0 Å². The van der Waals surface area contributed by atoms with Gasteiger partial charge in [0.05, 0.1) is 11.1 Å². The number of unbranched alkanes of at least 4 members (excludes halogenated alkanes) is 2. The molecular weight excluding hydrogens is 534 g/mol. The van der Waals surface area contributed by atoms with Gasteiger partial charge in [-0.15, -0.1) is 0 Å². The normalized spacial score (nSPS) is 14.2. The van der Waals surface area contributed by atoms with Gasteiger partial charge in [0.15, 0.2) is 0 Å². The zero-order valence-electron chi connectivity index (χ0n) is 24.4. The van der Waals surface area contributed by atoms with Crippen molar-refractivity contribution in [1.29, 1.82) is 0 Å². The Bertz CT molecular complexity index is 1500. The second-order valence-corrected chi connectivity index (χ2v) is 10.6. The number of rotatable bonds is 12. The fraction of sp³-hybridized carbons (Fsp3) is 0.419. The van der Waals surface area contributed by atoms with E-state index in [1.807, 2.05) is 29.2 Å². The minimum atomic E-state index is -1.16. The Labute approximate surface area is 245 Å². The smallest absolute Gasteiger partial charge is 0.335 e. The predicted octanol–water partition coefficient (Wildman–Crippen LogP) is 5.71. The number of aromatic carboxylic acids is 1. The summed E-state index contributed by atoms with van der Waals surface area (Å²) in [6.07, 6.45) is 5.87. The van der Waals surface area contributed by atoms with Crippen molar-refractivity contribution >= 4 is 17.8 Å². The molecule has 3 aromatic rings. The second kappa shape index (κ2) is 13.8. The largest absolute Gasteiger partial charge is 0.478 e. The Morgan fingerprint density at radius 1 is 1.10 bits per heavy atom. The summed E-state index contributed by atoms with van der Waals surface area (Å²) in [5.74, 6) is -1.35. The Kier molecular flexibility index (Phi) is 9.98. The van der Waals surface area contributed by atoms with E-state index in [4.69, 9.17) is 5.53 Å². The number of hydrogen-bond acceptors (Lipinski definition) is 5. The Morgan fingerprint density at radius 3 is 2.43 bits per heavy atom. The number of hydrogen-bond donors (Lipinski definition) is 1. The summed E-state index contributed by atoms with van der Waals surface area (Å²) in [6.45, 7) is 5.81. The number of carboxylic acids is 1. The van der Waals surface area contributed by atoms with Crippen LogP contribution in [0.4, 0.5) is 0 Å². The van der Waals surface area contributed by atoms with Gasteiger partial charge >= 0.3 is 5.97 Å². The van der Waals surface area contributed by atoms with E-state index in [0.717, 1.165) is 36.8 Å². The SMILES string of the molecule is CCCCN(CCCC)C(=O)c1cn(C)c(-c2ccc(C(=O)O)cc2C(=O)N2Cc3ccccc3C[C@H]2CN=[N+]=[N-])n1. The lowest BCUT2D eigenvalue weighted by Crippen LogP contribution is -2.46. The van der Waals surface area contributed by atoms with Crippen LogP contribution in [-0.4, -0.2) is 67.9 Å². The molecule has 0 spiro atoms. The first-order valence-corrected chi connectivity index (χ1v) is 14.4. The molecule has 11 heteroatoms. The molecule has 1 aromatic heterocycles. The molecule has 2 heterocycles. The van der Waals surface area contributed by atoms with Crippen molar-refractivity contribution in [2.24, 2.45) is 12.2 Å². The van der Waals surface area contributed by atoms with E-state index in [9.17, 15) is 19.5 Å². The maximum atomic E-state index is 14.2. The molecule has 0 radical (unpaired) electrons. The summed E-state index contributed by atoms with van der Waals surface area (Å²) in [4.78, 5) is 50.7. The van der Waals surface area contributed by atoms with Crippen molar-refractivity contribution in [3.05, 3.63) is 87.1 Å². The molecule has 0 saturated carbocycles. The van der Waals surface area contributed by atoms with Crippen LogP contribution in [0.5, 0.6) is 0 Å². The van der Waals surface area contributed by atoms with E-state index in [1.54, 1.807) is 28.8 Å². The number of aryl methyl sites for hydroxylation is 1. The highest BCUT2D eigenvalue weighted by Crippen LogP contribution is 2.30. The number of carboxylic acid groups (broad SMARTS) is 1. The van der Waals surface area contributed by atoms with Crippen molar-refractivity contribution in [3.8, 4) is 11.4 Å². The third-order valence-corrected chi connectivity index (χ3v) is 7.66.